The normalized spacial score (nSPS) is 12.5. The average Bonchev–Trinajstić information content (AvgIpc) is 2.39. The minimum atomic E-state index is 0. The van der Waals surface area contributed by atoms with Gasteiger partial charge in [-0.15, -0.1) is 24.0 Å². The van der Waals surface area contributed by atoms with Crippen LogP contribution >= 0.6 is 24.0 Å². The molecule has 1 unspecified atom stereocenters. The SMILES string of the molecule is CCC(C)NC(=NC)NCCc1ccc(C)nc1.I. The Hall–Kier alpha value is -0.850. The molecule has 0 fully saturated rings. The average molecular weight is 376 g/mol. The number of aliphatic imine (C=N–C) groups is 1. The number of pyridine rings is 1. The standard InChI is InChI=1S/C14H24N4.HI/c1-5-11(2)18-14(15-4)16-9-8-13-7-6-12(3)17-10-13;/h6-7,10-11H,5,8-9H2,1-4H3,(H2,15,16,18);1H. The van der Waals surface area contributed by atoms with Crippen LogP contribution in [-0.2, 0) is 6.42 Å². The van der Waals surface area contributed by atoms with Gasteiger partial charge in [-0.05, 0) is 38.3 Å². The first-order valence-electron chi connectivity index (χ1n) is 6.54. The molecule has 4 nitrogen and oxygen atoms in total. The molecule has 0 saturated carbocycles. The maximum Gasteiger partial charge on any atom is 0.191 e. The fourth-order valence-corrected chi connectivity index (χ4v) is 1.50. The summed E-state index contributed by atoms with van der Waals surface area (Å²) in [5, 5.41) is 6.64. The Morgan fingerprint density at radius 1 is 1.42 bits per heavy atom. The van der Waals surface area contributed by atoms with E-state index in [-0.39, 0.29) is 24.0 Å². The lowest BCUT2D eigenvalue weighted by atomic mass is 10.2. The Morgan fingerprint density at radius 2 is 2.16 bits per heavy atom. The van der Waals surface area contributed by atoms with E-state index in [1.807, 2.05) is 19.2 Å². The van der Waals surface area contributed by atoms with Crippen LogP contribution in [0.15, 0.2) is 23.3 Å². The Labute approximate surface area is 133 Å². The van der Waals surface area contributed by atoms with Crippen LogP contribution in [0, 0.1) is 6.92 Å². The van der Waals surface area contributed by atoms with Crippen molar-refractivity contribution in [2.24, 2.45) is 4.99 Å². The van der Waals surface area contributed by atoms with Gasteiger partial charge in [0.25, 0.3) is 0 Å². The van der Waals surface area contributed by atoms with Crippen molar-refractivity contribution in [3.05, 3.63) is 29.6 Å². The molecule has 1 rings (SSSR count). The molecular weight excluding hydrogens is 351 g/mol. The Kier molecular flexibility index (Phi) is 9.55. The topological polar surface area (TPSA) is 49.3 Å². The van der Waals surface area contributed by atoms with E-state index in [9.17, 15) is 0 Å². The third kappa shape index (κ3) is 7.34. The van der Waals surface area contributed by atoms with Crippen molar-refractivity contribution >= 4 is 29.9 Å². The molecule has 0 bridgehead atoms. The molecule has 1 atom stereocenters. The highest BCUT2D eigenvalue weighted by molar-refractivity contribution is 14.0. The first-order valence-corrected chi connectivity index (χ1v) is 6.54. The summed E-state index contributed by atoms with van der Waals surface area (Å²) in [6.07, 6.45) is 3.97. The van der Waals surface area contributed by atoms with Crippen LogP contribution in [0.1, 0.15) is 31.5 Å². The number of rotatable bonds is 5. The highest BCUT2D eigenvalue weighted by atomic mass is 127. The van der Waals surface area contributed by atoms with Crippen molar-refractivity contribution in [2.45, 2.75) is 39.7 Å². The number of nitrogens with one attached hydrogen (secondary N) is 2. The van der Waals surface area contributed by atoms with Gasteiger partial charge >= 0.3 is 0 Å². The Bertz CT molecular complexity index is 376. The van der Waals surface area contributed by atoms with Gasteiger partial charge in [-0.1, -0.05) is 13.0 Å². The predicted octanol–water partition coefficient (Wildman–Crippen LogP) is 2.51. The van der Waals surface area contributed by atoms with E-state index in [4.69, 9.17) is 0 Å². The van der Waals surface area contributed by atoms with Gasteiger partial charge < -0.3 is 10.6 Å². The van der Waals surface area contributed by atoms with Gasteiger partial charge in [0.15, 0.2) is 5.96 Å². The zero-order chi connectivity index (χ0) is 13.4. The number of halogens is 1. The molecule has 2 N–H and O–H groups in total. The van der Waals surface area contributed by atoms with Crippen LogP contribution in [0.2, 0.25) is 0 Å². The summed E-state index contributed by atoms with van der Waals surface area (Å²) < 4.78 is 0. The van der Waals surface area contributed by atoms with Crippen LogP contribution in [0.4, 0.5) is 0 Å². The number of hydrogen-bond acceptors (Lipinski definition) is 2. The second kappa shape index (κ2) is 10.00. The van der Waals surface area contributed by atoms with E-state index in [0.717, 1.165) is 31.0 Å². The van der Waals surface area contributed by atoms with Gasteiger partial charge in [-0.25, -0.2) is 0 Å². The molecule has 5 heteroatoms. The van der Waals surface area contributed by atoms with Gasteiger partial charge in [-0.2, -0.15) is 0 Å². The summed E-state index contributed by atoms with van der Waals surface area (Å²) in [7, 11) is 1.80. The van der Waals surface area contributed by atoms with E-state index < -0.39 is 0 Å². The molecule has 0 radical (unpaired) electrons. The van der Waals surface area contributed by atoms with Gasteiger partial charge in [-0.3, -0.25) is 9.98 Å². The summed E-state index contributed by atoms with van der Waals surface area (Å²) in [4.78, 5) is 8.49. The van der Waals surface area contributed by atoms with Crippen molar-refractivity contribution in [1.29, 1.82) is 0 Å². The van der Waals surface area contributed by atoms with Gasteiger partial charge in [0, 0.05) is 31.5 Å². The van der Waals surface area contributed by atoms with Crippen LogP contribution in [-0.4, -0.2) is 30.6 Å². The fraction of sp³-hybridized carbons (Fsp3) is 0.571. The third-order valence-corrected chi connectivity index (χ3v) is 2.90. The maximum atomic E-state index is 4.29. The molecule has 0 aromatic carbocycles. The van der Waals surface area contributed by atoms with E-state index >= 15 is 0 Å². The monoisotopic (exact) mass is 376 g/mol. The molecule has 0 spiro atoms. The molecule has 19 heavy (non-hydrogen) atoms. The minimum absolute atomic E-state index is 0. The van der Waals surface area contributed by atoms with Crippen LogP contribution in [0.5, 0.6) is 0 Å². The number of nitrogens with zero attached hydrogens (tertiary/aromatic N) is 2. The minimum Gasteiger partial charge on any atom is -0.356 e. The Morgan fingerprint density at radius 3 is 2.68 bits per heavy atom. The van der Waals surface area contributed by atoms with Crippen molar-refractivity contribution < 1.29 is 0 Å². The fourth-order valence-electron chi connectivity index (χ4n) is 1.50. The first-order chi connectivity index (χ1) is 8.65. The van der Waals surface area contributed by atoms with Crippen LogP contribution in [0.3, 0.4) is 0 Å². The second-order valence-corrected chi connectivity index (χ2v) is 4.51. The van der Waals surface area contributed by atoms with E-state index in [1.54, 1.807) is 7.05 Å². The van der Waals surface area contributed by atoms with E-state index in [1.165, 1.54) is 5.56 Å². The molecule has 0 aliphatic heterocycles. The zero-order valence-electron chi connectivity index (χ0n) is 12.2. The lowest BCUT2D eigenvalue weighted by Crippen LogP contribution is -2.42. The second-order valence-electron chi connectivity index (χ2n) is 4.51. The highest BCUT2D eigenvalue weighted by Gasteiger charge is 2.02. The summed E-state index contributed by atoms with van der Waals surface area (Å²) in [6.45, 7) is 7.17. The number of aromatic nitrogens is 1. The summed E-state index contributed by atoms with van der Waals surface area (Å²) in [5.74, 6) is 0.865. The molecule has 108 valence electrons. The summed E-state index contributed by atoms with van der Waals surface area (Å²) in [6, 6.07) is 4.61. The first kappa shape index (κ1) is 18.1. The summed E-state index contributed by atoms with van der Waals surface area (Å²) >= 11 is 0. The van der Waals surface area contributed by atoms with Crippen molar-refractivity contribution in [3.63, 3.8) is 0 Å². The molecule has 0 saturated heterocycles. The van der Waals surface area contributed by atoms with Gasteiger partial charge in [0.05, 0.1) is 0 Å². The number of aryl methyl sites for hydroxylation is 1. The highest BCUT2D eigenvalue weighted by Crippen LogP contribution is 1.99. The lowest BCUT2D eigenvalue weighted by molar-refractivity contribution is 0.624. The van der Waals surface area contributed by atoms with Crippen LogP contribution in [0.25, 0.3) is 0 Å². The molecule has 0 aliphatic rings. The largest absolute Gasteiger partial charge is 0.356 e. The molecule has 1 aromatic heterocycles. The van der Waals surface area contributed by atoms with Crippen molar-refractivity contribution in [2.75, 3.05) is 13.6 Å². The Balaban J connectivity index is 0.00000324. The van der Waals surface area contributed by atoms with Gasteiger partial charge in [0.2, 0.25) is 0 Å². The molecule has 1 heterocycles. The third-order valence-electron chi connectivity index (χ3n) is 2.90. The zero-order valence-corrected chi connectivity index (χ0v) is 14.6. The number of hydrogen-bond donors (Lipinski definition) is 2. The molecule has 1 aromatic rings. The van der Waals surface area contributed by atoms with E-state index in [2.05, 4.69) is 40.5 Å². The quantitative estimate of drug-likeness (QED) is 0.472. The predicted molar refractivity (Wildman–Crippen MR) is 92.3 cm³/mol. The summed E-state index contributed by atoms with van der Waals surface area (Å²) in [5.41, 5.74) is 2.30. The van der Waals surface area contributed by atoms with E-state index in [0.29, 0.717) is 6.04 Å². The van der Waals surface area contributed by atoms with Gasteiger partial charge in [0.1, 0.15) is 0 Å². The molecule has 0 aliphatic carbocycles. The lowest BCUT2D eigenvalue weighted by Gasteiger charge is -2.16. The smallest absolute Gasteiger partial charge is 0.191 e. The van der Waals surface area contributed by atoms with Crippen LogP contribution < -0.4 is 10.6 Å². The molecule has 0 amide bonds. The molecular formula is C14H25IN4. The number of guanidine groups is 1. The maximum absolute atomic E-state index is 4.29. The van der Waals surface area contributed by atoms with Crippen molar-refractivity contribution in [3.8, 4) is 0 Å². The van der Waals surface area contributed by atoms with Crippen molar-refractivity contribution in [1.82, 2.24) is 15.6 Å².